The Morgan fingerprint density at radius 3 is 2.84 bits per heavy atom. The minimum absolute atomic E-state index is 0.0578. The van der Waals surface area contributed by atoms with E-state index in [-0.39, 0.29) is 11.9 Å². The van der Waals surface area contributed by atoms with E-state index in [0.29, 0.717) is 11.4 Å². The van der Waals surface area contributed by atoms with E-state index in [0.717, 1.165) is 43.7 Å². The van der Waals surface area contributed by atoms with Gasteiger partial charge in [0.05, 0.1) is 34.1 Å². The van der Waals surface area contributed by atoms with E-state index < -0.39 is 0 Å². The highest BCUT2D eigenvalue weighted by Crippen LogP contribution is 2.38. The van der Waals surface area contributed by atoms with Crippen molar-refractivity contribution in [1.82, 2.24) is 29.8 Å². The van der Waals surface area contributed by atoms with Gasteiger partial charge in [0.1, 0.15) is 20.9 Å². The van der Waals surface area contributed by atoms with Gasteiger partial charge < -0.3 is 9.88 Å². The van der Waals surface area contributed by atoms with Gasteiger partial charge in [0.15, 0.2) is 0 Å². The average Bonchev–Trinajstić information content (AvgIpc) is 3.57. The lowest BCUT2D eigenvalue weighted by molar-refractivity contribution is 0.0695. The van der Waals surface area contributed by atoms with Gasteiger partial charge in [-0.3, -0.25) is 9.78 Å². The lowest BCUT2D eigenvalue weighted by Gasteiger charge is -2.33. The molecule has 1 atom stereocenters. The van der Waals surface area contributed by atoms with E-state index >= 15 is 0 Å². The van der Waals surface area contributed by atoms with Crippen LogP contribution < -0.4 is 0 Å². The molecule has 0 fully saturated rings. The van der Waals surface area contributed by atoms with Crippen LogP contribution in [-0.4, -0.2) is 42.3 Å². The molecule has 0 spiro atoms. The Kier molecular flexibility index (Phi) is 4.36. The molecule has 0 bridgehead atoms. The van der Waals surface area contributed by atoms with Crippen LogP contribution in [0.4, 0.5) is 0 Å². The minimum Gasteiger partial charge on any atom is -0.348 e. The van der Waals surface area contributed by atoms with E-state index in [1.54, 1.807) is 30.1 Å². The number of H-pyrrole nitrogens is 1. The van der Waals surface area contributed by atoms with Gasteiger partial charge in [-0.2, -0.15) is 0 Å². The highest BCUT2D eigenvalue weighted by Gasteiger charge is 2.37. The molecule has 31 heavy (non-hydrogen) atoms. The van der Waals surface area contributed by atoms with Crippen LogP contribution in [-0.2, 0) is 6.42 Å². The quantitative estimate of drug-likeness (QED) is 0.448. The first-order chi connectivity index (χ1) is 15.3. The first-order valence-corrected chi connectivity index (χ1v) is 11.5. The van der Waals surface area contributed by atoms with Crippen molar-refractivity contribution in [3.05, 3.63) is 82.5 Å². The topological polar surface area (TPSA) is 87.7 Å². The van der Waals surface area contributed by atoms with Gasteiger partial charge in [-0.1, -0.05) is 18.2 Å². The Hall–Kier alpha value is -3.43. The number of amides is 1. The maximum atomic E-state index is 13.6. The van der Waals surface area contributed by atoms with Crippen molar-refractivity contribution in [2.45, 2.75) is 12.5 Å². The van der Waals surface area contributed by atoms with Crippen LogP contribution in [0.15, 0.2) is 61.2 Å². The van der Waals surface area contributed by atoms with Crippen LogP contribution in [0.25, 0.3) is 20.9 Å². The molecular formula is C22H16N6OS2. The van der Waals surface area contributed by atoms with E-state index in [9.17, 15) is 4.79 Å². The second-order valence-corrected chi connectivity index (χ2v) is 9.27. The predicted octanol–water partition coefficient (Wildman–Crippen LogP) is 4.33. The van der Waals surface area contributed by atoms with Gasteiger partial charge in [0, 0.05) is 24.9 Å². The van der Waals surface area contributed by atoms with Crippen molar-refractivity contribution in [3.8, 4) is 10.7 Å². The highest BCUT2D eigenvalue weighted by atomic mass is 32.1. The monoisotopic (exact) mass is 444 g/mol. The van der Waals surface area contributed by atoms with Crippen LogP contribution in [0.2, 0.25) is 0 Å². The molecule has 0 aliphatic carbocycles. The molecule has 1 aromatic carbocycles. The molecule has 1 aliphatic rings. The maximum absolute atomic E-state index is 13.6. The molecule has 0 saturated heterocycles. The standard InChI is InChI=1S/C22H16N6OS2/c29-22(17-11-24-20(31-17)15-6-3-4-9-23-15)28-10-8-14-18(26-12-25-14)19(28)21-27-13-5-1-2-7-16(13)30-21/h1-7,9,11-12,19H,8,10H2,(H,25,26)/t19-/m0/s1. The van der Waals surface area contributed by atoms with E-state index in [1.165, 1.54) is 11.3 Å². The second kappa shape index (κ2) is 7.36. The summed E-state index contributed by atoms with van der Waals surface area (Å²) in [6.07, 6.45) is 5.80. The fourth-order valence-corrected chi connectivity index (χ4v) is 5.81. The van der Waals surface area contributed by atoms with Gasteiger partial charge in [0.25, 0.3) is 5.91 Å². The minimum atomic E-state index is -0.319. The van der Waals surface area contributed by atoms with Gasteiger partial charge in [-0.05, 0) is 24.3 Å². The average molecular weight is 445 g/mol. The zero-order valence-corrected chi connectivity index (χ0v) is 17.9. The molecule has 6 rings (SSSR count). The lowest BCUT2D eigenvalue weighted by Crippen LogP contribution is -2.40. The van der Waals surface area contributed by atoms with Crippen LogP contribution in [0.5, 0.6) is 0 Å². The Labute approximate surface area is 185 Å². The van der Waals surface area contributed by atoms with Crippen molar-refractivity contribution in [2.24, 2.45) is 0 Å². The van der Waals surface area contributed by atoms with Crippen molar-refractivity contribution in [3.63, 3.8) is 0 Å². The number of nitrogens with zero attached hydrogens (tertiary/aromatic N) is 5. The number of para-hydroxylation sites is 1. The number of carbonyl (C=O) groups is 1. The van der Waals surface area contributed by atoms with Crippen LogP contribution in [0.1, 0.15) is 32.1 Å². The molecule has 9 heteroatoms. The summed E-state index contributed by atoms with van der Waals surface area (Å²) >= 11 is 2.97. The van der Waals surface area contributed by atoms with Gasteiger partial charge in [0.2, 0.25) is 0 Å². The third kappa shape index (κ3) is 3.13. The molecule has 5 heterocycles. The van der Waals surface area contributed by atoms with Crippen molar-refractivity contribution < 1.29 is 4.79 Å². The molecule has 4 aromatic heterocycles. The van der Waals surface area contributed by atoms with Gasteiger partial charge >= 0.3 is 0 Å². The Morgan fingerprint density at radius 2 is 1.97 bits per heavy atom. The van der Waals surface area contributed by atoms with Gasteiger partial charge in [-0.25, -0.2) is 15.0 Å². The summed E-state index contributed by atoms with van der Waals surface area (Å²) in [4.78, 5) is 37.5. The lowest BCUT2D eigenvalue weighted by atomic mass is 10.0. The highest BCUT2D eigenvalue weighted by molar-refractivity contribution is 7.18. The smallest absolute Gasteiger partial charge is 0.266 e. The zero-order chi connectivity index (χ0) is 20.8. The molecule has 1 amide bonds. The fraction of sp³-hybridized carbons (Fsp3) is 0.136. The van der Waals surface area contributed by atoms with Crippen molar-refractivity contribution in [2.75, 3.05) is 6.54 Å². The summed E-state index contributed by atoms with van der Waals surface area (Å²) in [7, 11) is 0. The summed E-state index contributed by atoms with van der Waals surface area (Å²) in [5.74, 6) is -0.0578. The molecule has 152 valence electrons. The first kappa shape index (κ1) is 18.3. The molecule has 1 aliphatic heterocycles. The number of imidazole rings is 1. The number of carbonyl (C=O) groups excluding carboxylic acids is 1. The third-order valence-corrected chi connectivity index (χ3v) is 7.43. The van der Waals surface area contributed by atoms with Crippen molar-refractivity contribution >= 4 is 38.8 Å². The largest absolute Gasteiger partial charge is 0.348 e. The number of hydrogen-bond donors (Lipinski definition) is 1. The normalized spacial score (nSPS) is 15.9. The third-order valence-electron chi connectivity index (χ3n) is 5.33. The SMILES string of the molecule is O=C(c1cnc(-c2ccccn2)s1)N1CCc2[nH]cnc2[C@H]1c1nc2ccccc2s1. The van der Waals surface area contributed by atoms with Crippen LogP contribution in [0.3, 0.4) is 0 Å². The van der Waals surface area contributed by atoms with E-state index in [4.69, 9.17) is 4.98 Å². The first-order valence-electron chi connectivity index (χ1n) is 9.84. The predicted molar refractivity (Wildman–Crippen MR) is 120 cm³/mol. The summed E-state index contributed by atoms with van der Waals surface area (Å²) in [6.45, 7) is 0.589. The number of nitrogens with one attached hydrogen (secondary N) is 1. The maximum Gasteiger partial charge on any atom is 0.266 e. The molecule has 0 unspecified atom stereocenters. The Balaban J connectivity index is 1.40. The molecule has 5 aromatic rings. The molecule has 0 radical (unpaired) electrons. The second-order valence-electron chi connectivity index (χ2n) is 7.18. The number of thiazole rings is 2. The zero-order valence-electron chi connectivity index (χ0n) is 16.2. The van der Waals surface area contributed by atoms with E-state index in [2.05, 4.69) is 26.0 Å². The number of rotatable bonds is 3. The Bertz CT molecular complexity index is 1360. The number of aromatic amines is 1. The molecular weight excluding hydrogens is 428 g/mol. The number of fused-ring (bicyclic) bond motifs is 2. The Morgan fingerprint density at radius 1 is 1.06 bits per heavy atom. The van der Waals surface area contributed by atoms with Crippen molar-refractivity contribution in [1.29, 1.82) is 0 Å². The molecule has 7 nitrogen and oxygen atoms in total. The van der Waals surface area contributed by atoms with Crippen LogP contribution >= 0.6 is 22.7 Å². The number of benzene rings is 1. The number of aromatic nitrogens is 5. The van der Waals surface area contributed by atoms with Crippen LogP contribution in [0, 0.1) is 0 Å². The molecule has 1 N–H and O–H groups in total. The van der Waals surface area contributed by atoms with Gasteiger partial charge in [-0.15, -0.1) is 22.7 Å². The summed E-state index contributed by atoms with van der Waals surface area (Å²) in [5, 5.41) is 1.61. The summed E-state index contributed by atoms with van der Waals surface area (Å²) in [6, 6.07) is 13.4. The fourth-order valence-electron chi connectivity index (χ4n) is 3.87. The summed E-state index contributed by atoms with van der Waals surface area (Å²) in [5.41, 5.74) is 3.63. The van der Waals surface area contributed by atoms with E-state index in [1.807, 2.05) is 41.3 Å². The number of pyridine rings is 1. The molecule has 0 saturated carbocycles. The number of hydrogen-bond acceptors (Lipinski definition) is 7. The summed E-state index contributed by atoms with van der Waals surface area (Å²) < 4.78 is 1.10.